The van der Waals surface area contributed by atoms with E-state index in [1.54, 1.807) is 0 Å². The highest BCUT2D eigenvalue weighted by atomic mass is 19.4. The Morgan fingerprint density at radius 3 is 2.39 bits per heavy atom. The van der Waals surface area contributed by atoms with Crippen molar-refractivity contribution in [1.82, 2.24) is 0 Å². The lowest BCUT2D eigenvalue weighted by molar-refractivity contribution is -0.275. The molecule has 0 aromatic heterocycles. The van der Waals surface area contributed by atoms with E-state index in [4.69, 9.17) is 0 Å². The first kappa shape index (κ1) is 14.3. The van der Waals surface area contributed by atoms with Crippen LogP contribution in [0.4, 0.5) is 22.0 Å². The standard InChI is InChI=1S/C11H9F5O2/c1-2-7-3-4-8(18-11(14,15)16)9(5-7)17-6-10(12)13/h2-5,10H,1,6H2. The molecule has 0 N–H and O–H groups in total. The Labute approximate surface area is 99.6 Å². The molecule has 1 aromatic carbocycles. The van der Waals surface area contributed by atoms with E-state index in [-0.39, 0.29) is 0 Å². The van der Waals surface area contributed by atoms with Gasteiger partial charge in [-0.1, -0.05) is 18.7 Å². The van der Waals surface area contributed by atoms with Crippen molar-refractivity contribution in [1.29, 1.82) is 0 Å². The van der Waals surface area contributed by atoms with Crippen molar-refractivity contribution in [2.75, 3.05) is 6.61 Å². The van der Waals surface area contributed by atoms with Crippen molar-refractivity contribution in [2.45, 2.75) is 12.8 Å². The molecule has 0 spiro atoms. The Morgan fingerprint density at radius 2 is 1.89 bits per heavy atom. The van der Waals surface area contributed by atoms with E-state index in [2.05, 4.69) is 16.1 Å². The third-order valence-electron chi connectivity index (χ3n) is 1.79. The first-order valence-electron chi connectivity index (χ1n) is 4.75. The molecular formula is C11H9F5O2. The second kappa shape index (κ2) is 5.70. The monoisotopic (exact) mass is 268 g/mol. The number of benzene rings is 1. The summed E-state index contributed by atoms with van der Waals surface area (Å²) in [5, 5.41) is 0. The van der Waals surface area contributed by atoms with Crippen LogP contribution in [0.15, 0.2) is 24.8 Å². The van der Waals surface area contributed by atoms with Gasteiger partial charge in [0, 0.05) is 0 Å². The highest BCUT2D eigenvalue weighted by Crippen LogP contribution is 2.33. The summed E-state index contributed by atoms with van der Waals surface area (Å²) in [5.41, 5.74) is 0.425. The third-order valence-corrected chi connectivity index (χ3v) is 1.79. The van der Waals surface area contributed by atoms with Gasteiger partial charge in [0.25, 0.3) is 6.43 Å². The van der Waals surface area contributed by atoms with Crippen LogP contribution in [0.25, 0.3) is 6.08 Å². The topological polar surface area (TPSA) is 18.5 Å². The Hall–Kier alpha value is -1.79. The van der Waals surface area contributed by atoms with E-state index in [0.29, 0.717) is 5.56 Å². The lowest BCUT2D eigenvalue weighted by atomic mass is 10.2. The van der Waals surface area contributed by atoms with Gasteiger partial charge in [0.2, 0.25) is 0 Å². The molecule has 0 aliphatic carbocycles. The Balaban J connectivity index is 2.96. The largest absolute Gasteiger partial charge is 0.573 e. The molecule has 0 radical (unpaired) electrons. The van der Waals surface area contributed by atoms with Crippen molar-refractivity contribution in [2.24, 2.45) is 0 Å². The number of alkyl halides is 5. The van der Waals surface area contributed by atoms with Crippen LogP contribution in [-0.4, -0.2) is 19.4 Å². The van der Waals surface area contributed by atoms with Crippen LogP contribution >= 0.6 is 0 Å². The number of halogens is 5. The molecule has 100 valence electrons. The maximum Gasteiger partial charge on any atom is 0.573 e. The van der Waals surface area contributed by atoms with Crippen LogP contribution in [0.3, 0.4) is 0 Å². The van der Waals surface area contributed by atoms with E-state index >= 15 is 0 Å². The lowest BCUT2D eigenvalue weighted by Crippen LogP contribution is -2.18. The zero-order valence-electron chi connectivity index (χ0n) is 9.01. The summed E-state index contributed by atoms with van der Waals surface area (Å²) < 4.78 is 68.3. The van der Waals surface area contributed by atoms with Gasteiger partial charge in [-0.2, -0.15) is 0 Å². The predicted molar refractivity (Wildman–Crippen MR) is 54.7 cm³/mol. The third kappa shape index (κ3) is 4.60. The molecular weight excluding hydrogens is 259 g/mol. The van der Waals surface area contributed by atoms with Crippen molar-refractivity contribution in [3.05, 3.63) is 30.3 Å². The smallest absolute Gasteiger partial charge is 0.484 e. The molecule has 0 unspecified atom stereocenters. The van der Waals surface area contributed by atoms with Crippen LogP contribution in [0.1, 0.15) is 5.56 Å². The normalized spacial score (nSPS) is 11.4. The Kier molecular flexibility index (Phi) is 4.52. The summed E-state index contributed by atoms with van der Waals surface area (Å²) >= 11 is 0. The average Bonchev–Trinajstić information content (AvgIpc) is 2.25. The Morgan fingerprint density at radius 1 is 1.22 bits per heavy atom. The second-order valence-corrected chi connectivity index (χ2v) is 3.16. The lowest BCUT2D eigenvalue weighted by Gasteiger charge is -2.14. The Bertz CT molecular complexity index is 414. The molecule has 1 aromatic rings. The van der Waals surface area contributed by atoms with Crippen LogP contribution in [0, 0.1) is 0 Å². The van der Waals surface area contributed by atoms with Crippen molar-refractivity contribution < 1.29 is 31.4 Å². The summed E-state index contributed by atoms with van der Waals surface area (Å²) in [6, 6.07) is 3.41. The van der Waals surface area contributed by atoms with Gasteiger partial charge in [0.1, 0.15) is 6.61 Å². The summed E-state index contributed by atoms with van der Waals surface area (Å²) in [5.74, 6) is -1.08. The van der Waals surface area contributed by atoms with Crippen molar-refractivity contribution in [3.63, 3.8) is 0 Å². The minimum Gasteiger partial charge on any atom is -0.484 e. The fourth-order valence-corrected chi connectivity index (χ4v) is 1.13. The number of rotatable bonds is 5. The van der Waals surface area contributed by atoms with Gasteiger partial charge in [-0.3, -0.25) is 0 Å². The average molecular weight is 268 g/mol. The van der Waals surface area contributed by atoms with Crippen molar-refractivity contribution in [3.8, 4) is 11.5 Å². The van der Waals surface area contributed by atoms with Crippen LogP contribution in [-0.2, 0) is 0 Å². The summed E-state index contributed by atoms with van der Waals surface area (Å²) in [4.78, 5) is 0. The van der Waals surface area contributed by atoms with E-state index in [0.717, 1.165) is 12.1 Å². The zero-order valence-corrected chi connectivity index (χ0v) is 9.01. The van der Waals surface area contributed by atoms with E-state index < -0.39 is 30.9 Å². The number of hydrogen-bond donors (Lipinski definition) is 0. The van der Waals surface area contributed by atoms with Gasteiger partial charge in [-0.15, -0.1) is 13.2 Å². The first-order valence-corrected chi connectivity index (χ1v) is 4.75. The summed E-state index contributed by atoms with van der Waals surface area (Å²) in [7, 11) is 0. The van der Waals surface area contributed by atoms with Crippen LogP contribution in [0.5, 0.6) is 11.5 Å². The van der Waals surface area contributed by atoms with Gasteiger partial charge in [0.15, 0.2) is 11.5 Å². The van der Waals surface area contributed by atoms with Crippen molar-refractivity contribution >= 4 is 6.08 Å². The van der Waals surface area contributed by atoms with Crippen LogP contribution in [0.2, 0.25) is 0 Å². The number of hydrogen-bond acceptors (Lipinski definition) is 2. The molecule has 0 fully saturated rings. The minimum absolute atomic E-state index is 0.412. The molecule has 0 amide bonds. The highest BCUT2D eigenvalue weighted by Gasteiger charge is 2.32. The predicted octanol–water partition coefficient (Wildman–Crippen LogP) is 3.87. The first-order chi connectivity index (χ1) is 8.31. The van der Waals surface area contributed by atoms with Gasteiger partial charge < -0.3 is 9.47 Å². The molecule has 1 rings (SSSR count). The SMILES string of the molecule is C=Cc1ccc(OC(F)(F)F)c(OCC(F)F)c1. The molecule has 0 saturated carbocycles. The number of ether oxygens (including phenoxy) is 2. The zero-order chi connectivity index (χ0) is 13.8. The molecule has 0 aliphatic heterocycles. The van der Waals surface area contributed by atoms with Gasteiger partial charge in [-0.25, -0.2) is 8.78 Å². The fourth-order valence-electron chi connectivity index (χ4n) is 1.13. The van der Waals surface area contributed by atoms with E-state index in [9.17, 15) is 22.0 Å². The molecule has 0 atom stereocenters. The summed E-state index contributed by atoms with van der Waals surface area (Å²) in [6.45, 7) is 2.39. The molecule has 0 saturated heterocycles. The molecule has 0 aliphatic rings. The molecule has 18 heavy (non-hydrogen) atoms. The maximum absolute atomic E-state index is 12.1. The fraction of sp³-hybridized carbons (Fsp3) is 0.273. The van der Waals surface area contributed by atoms with Crippen LogP contribution < -0.4 is 9.47 Å². The highest BCUT2D eigenvalue weighted by molar-refractivity contribution is 5.54. The van der Waals surface area contributed by atoms with E-state index in [1.165, 1.54) is 12.1 Å². The molecule has 0 bridgehead atoms. The van der Waals surface area contributed by atoms with E-state index in [1.807, 2.05) is 0 Å². The van der Waals surface area contributed by atoms with Gasteiger partial charge in [0.05, 0.1) is 0 Å². The second-order valence-electron chi connectivity index (χ2n) is 3.16. The maximum atomic E-state index is 12.1. The van der Waals surface area contributed by atoms with Gasteiger partial charge in [-0.05, 0) is 17.7 Å². The summed E-state index contributed by atoms with van der Waals surface area (Å²) in [6.07, 6.45) is -6.37. The minimum atomic E-state index is -4.92. The molecule has 2 nitrogen and oxygen atoms in total. The molecule has 0 heterocycles. The van der Waals surface area contributed by atoms with Gasteiger partial charge >= 0.3 is 6.36 Å². The molecule has 7 heteroatoms. The quantitative estimate of drug-likeness (QED) is 0.755.